The summed E-state index contributed by atoms with van der Waals surface area (Å²) in [5.41, 5.74) is 13.8. The summed E-state index contributed by atoms with van der Waals surface area (Å²) < 4.78 is 1.10. The molecule has 0 aliphatic heterocycles. The smallest absolute Gasteiger partial charge is 0.0618 e. The lowest BCUT2D eigenvalue weighted by Gasteiger charge is -2.20. The number of anilines is 2. The number of benzene rings is 2. The van der Waals surface area contributed by atoms with Crippen LogP contribution in [0.25, 0.3) is 0 Å². The molecule has 0 bridgehead atoms. The van der Waals surface area contributed by atoms with E-state index in [1.807, 2.05) is 6.07 Å². The molecule has 0 amide bonds. The molecule has 0 atom stereocenters. The quantitative estimate of drug-likeness (QED) is 0.595. The van der Waals surface area contributed by atoms with Gasteiger partial charge in [-0.3, -0.25) is 0 Å². The maximum absolute atomic E-state index is 6.35. The molecule has 22 heavy (non-hydrogen) atoms. The Kier molecular flexibility index (Phi) is 5.76. The van der Waals surface area contributed by atoms with E-state index in [1.165, 1.54) is 16.7 Å². The van der Waals surface area contributed by atoms with Gasteiger partial charge in [0.25, 0.3) is 0 Å². The van der Waals surface area contributed by atoms with Crippen molar-refractivity contribution in [3.8, 4) is 0 Å². The van der Waals surface area contributed by atoms with Crippen LogP contribution in [0.1, 0.15) is 36.1 Å². The van der Waals surface area contributed by atoms with Gasteiger partial charge in [-0.05, 0) is 67.1 Å². The SMILES string of the molecule is CCc1ccc(Cl)c(CC)c1NNc1c(C)cc(Br)cc1C. The Hall–Kier alpha value is -1.19. The molecule has 2 rings (SSSR count). The first-order valence-corrected chi connectivity index (χ1v) is 8.74. The molecule has 0 fully saturated rings. The number of nitrogens with one attached hydrogen (secondary N) is 2. The molecule has 0 spiro atoms. The number of aryl methyl sites for hydroxylation is 3. The topological polar surface area (TPSA) is 24.1 Å². The molecule has 2 N–H and O–H groups in total. The van der Waals surface area contributed by atoms with Gasteiger partial charge in [0.1, 0.15) is 0 Å². The van der Waals surface area contributed by atoms with Crippen molar-refractivity contribution >= 4 is 38.9 Å². The molecular weight excluding hydrogens is 360 g/mol. The highest BCUT2D eigenvalue weighted by molar-refractivity contribution is 9.10. The lowest BCUT2D eigenvalue weighted by atomic mass is 10.0. The van der Waals surface area contributed by atoms with Gasteiger partial charge in [-0.25, -0.2) is 0 Å². The highest BCUT2D eigenvalue weighted by Gasteiger charge is 2.11. The van der Waals surface area contributed by atoms with Crippen LogP contribution in [-0.2, 0) is 12.8 Å². The van der Waals surface area contributed by atoms with Crippen LogP contribution in [0.5, 0.6) is 0 Å². The number of rotatable bonds is 5. The normalized spacial score (nSPS) is 10.6. The van der Waals surface area contributed by atoms with Crippen molar-refractivity contribution in [3.63, 3.8) is 0 Å². The average Bonchev–Trinajstić information content (AvgIpc) is 2.46. The van der Waals surface area contributed by atoms with Crippen molar-refractivity contribution in [2.75, 3.05) is 10.9 Å². The average molecular weight is 382 g/mol. The fourth-order valence-electron chi connectivity index (χ4n) is 2.70. The Morgan fingerprint density at radius 1 is 0.955 bits per heavy atom. The number of hydrogen-bond acceptors (Lipinski definition) is 2. The Morgan fingerprint density at radius 3 is 2.09 bits per heavy atom. The second-order valence-electron chi connectivity index (χ2n) is 5.43. The molecule has 0 unspecified atom stereocenters. The zero-order valence-corrected chi connectivity index (χ0v) is 15.8. The minimum Gasteiger partial charge on any atom is -0.300 e. The van der Waals surface area contributed by atoms with E-state index in [9.17, 15) is 0 Å². The van der Waals surface area contributed by atoms with Crippen molar-refractivity contribution in [2.24, 2.45) is 0 Å². The van der Waals surface area contributed by atoms with Crippen LogP contribution in [0.4, 0.5) is 11.4 Å². The molecule has 118 valence electrons. The van der Waals surface area contributed by atoms with Crippen LogP contribution >= 0.6 is 27.5 Å². The molecule has 0 heterocycles. The van der Waals surface area contributed by atoms with E-state index < -0.39 is 0 Å². The van der Waals surface area contributed by atoms with Gasteiger partial charge in [0.05, 0.1) is 11.4 Å². The maximum Gasteiger partial charge on any atom is 0.0618 e. The third kappa shape index (κ3) is 3.58. The van der Waals surface area contributed by atoms with Gasteiger partial charge in [0.15, 0.2) is 0 Å². The summed E-state index contributed by atoms with van der Waals surface area (Å²) >= 11 is 9.88. The monoisotopic (exact) mass is 380 g/mol. The number of halogens is 2. The van der Waals surface area contributed by atoms with E-state index >= 15 is 0 Å². The summed E-state index contributed by atoms with van der Waals surface area (Å²) in [4.78, 5) is 0. The Morgan fingerprint density at radius 2 is 1.55 bits per heavy atom. The standard InChI is InChI=1S/C18H22BrClN2/c1-5-13-7-8-16(20)15(6-2)18(13)22-21-17-11(3)9-14(19)10-12(17)4/h7-10,21-22H,5-6H2,1-4H3. The summed E-state index contributed by atoms with van der Waals surface area (Å²) in [6.45, 7) is 8.48. The van der Waals surface area contributed by atoms with Crippen molar-refractivity contribution in [1.29, 1.82) is 0 Å². The Balaban J connectivity index is 2.34. The third-order valence-electron chi connectivity index (χ3n) is 3.89. The van der Waals surface area contributed by atoms with Crippen LogP contribution in [-0.4, -0.2) is 0 Å². The van der Waals surface area contributed by atoms with E-state index in [0.717, 1.165) is 39.3 Å². The molecule has 2 aromatic carbocycles. The van der Waals surface area contributed by atoms with Gasteiger partial charge >= 0.3 is 0 Å². The van der Waals surface area contributed by atoms with E-state index in [1.54, 1.807) is 0 Å². The van der Waals surface area contributed by atoms with E-state index in [4.69, 9.17) is 11.6 Å². The van der Waals surface area contributed by atoms with Gasteiger partial charge in [-0.15, -0.1) is 0 Å². The summed E-state index contributed by atoms with van der Waals surface area (Å²) in [5.74, 6) is 0. The first kappa shape index (κ1) is 17.2. The molecule has 2 aromatic rings. The van der Waals surface area contributed by atoms with Crippen LogP contribution in [0.15, 0.2) is 28.7 Å². The molecular formula is C18H22BrClN2. The van der Waals surface area contributed by atoms with Gasteiger partial charge in [0.2, 0.25) is 0 Å². The van der Waals surface area contributed by atoms with Gasteiger partial charge < -0.3 is 10.9 Å². The first-order valence-electron chi connectivity index (χ1n) is 7.56. The molecule has 4 heteroatoms. The largest absolute Gasteiger partial charge is 0.300 e. The van der Waals surface area contributed by atoms with E-state index in [-0.39, 0.29) is 0 Å². The summed E-state index contributed by atoms with van der Waals surface area (Å²) in [6, 6.07) is 8.29. The zero-order chi connectivity index (χ0) is 16.3. The second-order valence-corrected chi connectivity index (χ2v) is 6.75. The van der Waals surface area contributed by atoms with Crippen LogP contribution in [0, 0.1) is 13.8 Å². The van der Waals surface area contributed by atoms with Crippen molar-refractivity contribution in [2.45, 2.75) is 40.5 Å². The minimum absolute atomic E-state index is 0.813. The van der Waals surface area contributed by atoms with E-state index in [2.05, 4.69) is 72.7 Å². The Bertz CT molecular complexity index is 660. The molecule has 0 aromatic heterocycles. The number of hydrogen-bond donors (Lipinski definition) is 2. The number of hydrazine groups is 1. The molecule has 2 nitrogen and oxygen atoms in total. The molecule has 0 aliphatic rings. The van der Waals surface area contributed by atoms with Crippen LogP contribution in [0.3, 0.4) is 0 Å². The summed E-state index contributed by atoms with van der Waals surface area (Å²) in [6.07, 6.45) is 1.86. The predicted octanol–water partition coefficient (Wildman–Crippen LogP) is 6.28. The molecule has 0 saturated heterocycles. The van der Waals surface area contributed by atoms with Gasteiger partial charge in [-0.2, -0.15) is 0 Å². The molecule has 0 aliphatic carbocycles. The van der Waals surface area contributed by atoms with Crippen molar-refractivity contribution in [1.82, 2.24) is 0 Å². The Labute approximate surface area is 146 Å². The molecule has 0 radical (unpaired) electrons. The van der Waals surface area contributed by atoms with Crippen LogP contribution in [0.2, 0.25) is 5.02 Å². The molecule has 0 saturated carbocycles. The maximum atomic E-state index is 6.35. The lowest BCUT2D eigenvalue weighted by Crippen LogP contribution is -2.14. The van der Waals surface area contributed by atoms with Crippen LogP contribution < -0.4 is 10.9 Å². The first-order chi connectivity index (χ1) is 10.5. The van der Waals surface area contributed by atoms with Crippen molar-refractivity contribution < 1.29 is 0 Å². The van der Waals surface area contributed by atoms with E-state index in [0.29, 0.717) is 0 Å². The highest BCUT2D eigenvalue weighted by atomic mass is 79.9. The predicted molar refractivity (Wildman–Crippen MR) is 101 cm³/mol. The van der Waals surface area contributed by atoms with Crippen molar-refractivity contribution in [3.05, 3.63) is 56.0 Å². The van der Waals surface area contributed by atoms with Gasteiger partial charge in [0, 0.05) is 9.50 Å². The highest BCUT2D eigenvalue weighted by Crippen LogP contribution is 2.31. The van der Waals surface area contributed by atoms with Gasteiger partial charge in [-0.1, -0.05) is 47.4 Å². The fourth-order valence-corrected chi connectivity index (χ4v) is 3.68. The fraction of sp³-hybridized carbons (Fsp3) is 0.333. The zero-order valence-electron chi connectivity index (χ0n) is 13.5. The second kappa shape index (κ2) is 7.38. The summed E-state index contributed by atoms with van der Waals surface area (Å²) in [7, 11) is 0. The summed E-state index contributed by atoms with van der Waals surface area (Å²) in [5, 5.41) is 0.813. The third-order valence-corrected chi connectivity index (χ3v) is 4.70. The minimum atomic E-state index is 0.813. The lowest BCUT2D eigenvalue weighted by molar-refractivity contribution is 1.08.